The van der Waals surface area contributed by atoms with Crippen molar-refractivity contribution < 1.29 is 136 Å². The Balaban J connectivity index is -0.00000312. The van der Waals surface area contributed by atoms with Crippen molar-refractivity contribution >= 4 is 22.1 Å². The molecule has 1 unspecified atom stereocenters. The van der Waals surface area contributed by atoms with Gasteiger partial charge in [0.2, 0.25) is 0 Å². The van der Waals surface area contributed by atoms with Gasteiger partial charge in [0, 0.05) is 11.4 Å². The average molecular weight is 471 g/mol. The minimum Gasteiger partial charge on any atom is -0.549 e. The number of carbonyl (C=O) groups is 2. The monoisotopic (exact) mass is 470 g/mol. The Labute approximate surface area is 254 Å². The Kier molecular flexibility index (Phi) is 20.7. The van der Waals surface area contributed by atoms with Crippen LogP contribution in [0.4, 0.5) is 0 Å². The van der Waals surface area contributed by atoms with Crippen LogP contribution in [0.1, 0.15) is 79.1 Å². The molecule has 0 radical (unpaired) electrons. The van der Waals surface area contributed by atoms with Crippen LogP contribution in [0.25, 0.3) is 0 Å². The summed E-state index contributed by atoms with van der Waals surface area (Å²) >= 11 is 0. The zero-order valence-electron chi connectivity index (χ0n) is 18.2. The van der Waals surface area contributed by atoms with E-state index in [9.17, 15) is 32.8 Å². The molecule has 0 saturated heterocycles. The van der Waals surface area contributed by atoms with Gasteiger partial charge in [-0.3, -0.25) is 4.55 Å². The van der Waals surface area contributed by atoms with Crippen LogP contribution in [0.2, 0.25) is 0 Å². The maximum Gasteiger partial charge on any atom is 1.00 e. The van der Waals surface area contributed by atoms with Crippen LogP contribution in [0.5, 0.6) is 0 Å². The van der Waals surface area contributed by atoms with Crippen LogP contribution in [0.15, 0.2) is 0 Å². The van der Waals surface area contributed by atoms with Gasteiger partial charge in [-0.15, -0.1) is 0 Å². The van der Waals surface area contributed by atoms with Crippen LogP contribution in [-0.2, 0) is 19.7 Å². The van der Waals surface area contributed by atoms with Gasteiger partial charge in [0.15, 0.2) is 0 Å². The summed E-state index contributed by atoms with van der Waals surface area (Å²) in [6.07, 6.45) is 3.50. The number of aliphatic carboxylic acids is 2. The van der Waals surface area contributed by atoms with Gasteiger partial charge in [-0.25, -0.2) is 0 Å². The average Bonchev–Trinajstić information content (AvgIpc) is 2.50. The second-order valence-electron chi connectivity index (χ2n) is 6.98. The van der Waals surface area contributed by atoms with Crippen LogP contribution in [0.3, 0.4) is 0 Å². The predicted molar refractivity (Wildman–Crippen MR) is 94.4 cm³/mol. The summed E-state index contributed by atoms with van der Waals surface area (Å²) < 4.78 is 33.7. The number of carboxylic acid groups (broad SMARTS) is 2. The maximum atomic E-state index is 12.4. The summed E-state index contributed by atoms with van der Waals surface area (Å²) in [5.74, 6) is -5.33. The third-order valence-electron chi connectivity index (χ3n) is 5.20. The summed E-state index contributed by atoms with van der Waals surface area (Å²) in [6.45, 7) is 7.27. The Morgan fingerprint density at radius 1 is 0.821 bits per heavy atom. The first kappa shape index (κ1) is 34.7. The molecule has 0 aromatic carbocycles. The number of carbonyl (C=O) groups excluding carboxylic acids is 2. The summed E-state index contributed by atoms with van der Waals surface area (Å²) in [5, 5.41) is 21.7. The van der Waals surface area contributed by atoms with E-state index in [0.717, 1.165) is 0 Å². The van der Waals surface area contributed by atoms with Gasteiger partial charge in [-0.05, 0) is 37.5 Å². The smallest absolute Gasteiger partial charge is 0.549 e. The van der Waals surface area contributed by atoms with Crippen molar-refractivity contribution in [3.8, 4) is 0 Å². The first-order valence-corrected chi connectivity index (χ1v) is 10.9. The summed E-state index contributed by atoms with van der Waals surface area (Å²) in [5.41, 5.74) is -2.23. The SMILES string of the molecule is CCCC(CCC)C(C(=O)[O-])(C(CCC)CCC)C(C(=O)[O-])S(=O)(=O)O.[K+].[K+]. The molecule has 0 aliphatic heterocycles. The first-order valence-electron chi connectivity index (χ1n) is 9.43. The van der Waals surface area contributed by atoms with Crippen LogP contribution in [-0.4, -0.2) is 30.2 Å². The van der Waals surface area contributed by atoms with Gasteiger partial charge in [-0.1, -0.05) is 53.4 Å². The third kappa shape index (κ3) is 8.93. The van der Waals surface area contributed by atoms with Crippen LogP contribution in [0, 0.1) is 17.3 Å². The Morgan fingerprint density at radius 3 is 1.25 bits per heavy atom. The quantitative estimate of drug-likeness (QED) is 0.199. The van der Waals surface area contributed by atoms with E-state index in [1.54, 1.807) is 0 Å². The van der Waals surface area contributed by atoms with Crippen molar-refractivity contribution in [1.29, 1.82) is 0 Å². The molecule has 154 valence electrons. The molecule has 28 heavy (non-hydrogen) atoms. The summed E-state index contributed by atoms with van der Waals surface area (Å²) in [6, 6.07) is 0. The topological polar surface area (TPSA) is 135 Å². The number of hydrogen-bond donors (Lipinski definition) is 1. The second kappa shape index (κ2) is 16.7. The largest absolute Gasteiger partial charge is 1.00 e. The van der Waals surface area contributed by atoms with Crippen molar-refractivity contribution in [1.82, 2.24) is 0 Å². The minimum absolute atomic E-state index is 0. The van der Waals surface area contributed by atoms with Gasteiger partial charge in [0.1, 0.15) is 5.25 Å². The minimum atomic E-state index is -5.21. The fraction of sp³-hybridized carbons (Fsp3) is 0.889. The Hall–Kier alpha value is 2.12. The molecule has 1 atom stereocenters. The van der Waals surface area contributed by atoms with E-state index >= 15 is 0 Å². The third-order valence-corrected chi connectivity index (χ3v) is 6.38. The molecule has 0 aromatic rings. The second-order valence-corrected chi connectivity index (χ2v) is 8.48. The van der Waals surface area contributed by atoms with E-state index in [0.29, 0.717) is 51.4 Å². The van der Waals surface area contributed by atoms with Crippen molar-refractivity contribution in [2.24, 2.45) is 17.3 Å². The van der Waals surface area contributed by atoms with Gasteiger partial charge < -0.3 is 19.8 Å². The van der Waals surface area contributed by atoms with Crippen LogP contribution < -0.4 is 113 Å². The van der Waals surface area contributed by atoms with E-state index in [-0.39, 0.29) is 103 Å². The Morgan fingerprint density at radius 2 is 1.11 bits per heavy atom. The van der Waals surface area contributed by atoms with E-state index in [4.69, 9.17) is 0 Å². The molecule has 7 nitrogen and oxygen atoms in total. The van der Waals surface area contributed by atoms with Crippen molar-refractivity contribution in [3.05, 3.63) is 0 Å². The number of rotatable bonds is 14. The first-order chi connectivity index (χ1) is 12.0. The maximum absolute atomic E-state index is 12.4. The molecule has 0 saturated carbocycles. The van der Waals surface area contributed by atoms with E-state index in [1.165, 1.54) is 0 Å². The molecular formula is C18H32K2O7S. The van der Waals surface area contributed by atoms with E-state index in [1.807, 2.05) is 27.7 Å². The zero-order chi connectivity index (χ0) is 20.5. The van der Waals surface area contributed by atoms with Gasteiger partial charge in [0.25, 0.3) is 10.1 Å². The number of hydrogen-bond acceptors (Lipinski definition) is 6. The molecule has 0 rings (SSSR count). The molecule has 0 spiro atoms. The molecule has 0 heterocycles. The van der Waals surface area contributed by atoms with Gasteiger partial charge in [0.05, 0.1) is 5.97 Å². The van der Waals surface area contributed by atoms with Gasteiger partial charge >= 0.3 is 103 Å². The molecular weight excluding hydrogens is 438 g/mol. The molecule has 10 heteroatoms. The molecule has 0 amide bonds. The molecule has 0 fully saturated rings. The van der Waals surface area contributed by atoms with Crippen molar-refractivity contribution in [2.75, 3.05) is 0 Å². The number of carboxylic acids is 2. The zero-order valence-corrected chi connectivity index (χ0v) is 25.3. The molecule has 0 aliphatic carbocycles. The fourth-order valence-electron chi connectivity index (χ4n) is 4.40. The summed E-state index contributed by atoms with van der Waals surface area (Å²) in [7, 11) is -5.21. The van der Waals surface area contributed by atoms with E-state index < -0.39 is 44.6 Å². The fourth-order valence-corrected chi connectivity index (χ4v) is 5.62. The normalized spacial score (nSPS) is 13.0. The summed E-state index contributed by atoms with van der Waals surface area (Å²) in [4.78, 5) is 24.2. The van der Waals surface area contributed by atoms with E-state index in [2.05, 4.69) is 0 Å². The van der Waals surface area contributed by atoms with Crippen molar-refractivity contribution in [3.63, 3.8) is 0 Å². The molecule has 0 bridgehead atoms. The molecule has 0 aromatic heterocycles. The predicted octanol–water partition coefficient (Wildman–Crippen LogP) is -4.83. The van der Waals surface area contributed by atoms with Crippen LogP contribution >= 0.6 is 0 Å². The van der Waals surface area contributed by atoms with Crippen molar-refractivity contribution in [2.45, 2.75) is 84.3 Å². The molecule has 0 aliphatic rings. The Bertz CT molecular complexity index is 538. The van der Waals surface area contributed by atoms with Gasteiger partial charge in [-0.2, -0.15) is 8.42 Å². The molecule has 1 N–H and O–H groups in total. The standard InChI is InChI=1S/C18H34O7S.2K/c1-5-9-13(10-6-2)18(17(21)22,14(11-7-3)12-8-4)15(16(19)20)26(23,24)25;;/h13-15H,5-12H2,1-4H3,(H,19,20)(H,21,22)(H,23,24,25);;/q;2*+1/p-2.